The van der Waals surface area contributed by atoms with Crippen molar-refractivity contribution >= 4 is 5.97 Å². The first-order valence-corrected chi connectivity index (χ1v) is 6.94. The van der Waals surface area contributed by atoms with Gasteiger partial charge in [-0.15, -0.1) is 0 Å². The van der Waals surface area contributed by atoms with E-state index in [0.29, 0.717) is 25.8 Å². The van der Waals surface area contributed by atoms with Crippen molar-refractivity contribution in [2.24, 2.45) is 0 Å². The van der Waals surface area contributed by atoms with Crippen molar-refractivity contribution in [3.8, 4) is 0 Å². The Morgan fingerprint density at radius 3 is 2.67 bits per heavy atom. The molecule has 1 unspecified atom stereocenters. The van der Waals surface area contributed by atoms with Crippen molar-refractivity contribution in [2.75, 3.05) is 32.8 Å². The number of benzene rings is 1. The summed E-state index contributed by atoms with van der Waals surface area (Å²) in [6, 6.07) is 1.88. The Morgan fingerprint density at radius 2 is 2.00 bits per heavy atom. The molecule has 21 heavy (non-hydrogen) atoms. The molecule has 1 aliphatic heterocycles. The zero-order chi connectivity index (χ0) is 15.4. The summed E-state index contributed by atoms with van der Waals surface area (Å²) in [5.74, 6) is -2.34. The lowest BCUT2D eigenvalue weighted by atomic mass is 10.1. The van der Waals surface area contributed by atoms with Crippen LogP contribution in [-0.4, -0.2) is 49.8 Å². The average Bonchev–Trinajstić information content (AvgIpc) is 2.43. The molecule has 4 nitrogen and oxygen atoms in total. The maximum absolute atomic E-state index is 13.6. The number of morpholine rings is 1. The quantitative estimate of drug-likeness (QED) is 0.799. The number of esters is 1. The van der Waals surface area contributed by atoms with E-state index >= 15 is 0 Å². The number of nitrogens with zero attached hydrogens (tertiary/aromatic N) is 1. The SMILES string of the molecule is Cc1cc(C(=O)OC(C)CN2CCOCC2)c(F)cc1F. The molecule has 0 saturated carbocycles. The van der Waals surface area contributed by atoms with E-state index < -0.39 is 17.6 Å². The third-order valence-electron chi connectivity index (χ3n) is 3.40. The molecule has 1 aromatic rings. The van der Waals surface area contributed by atoms with E-state index in [1.807, 2.05) is 0 Å². The van der Waals surface area contributed by atoms with Crippen LogP contribution in [0.3, 0.4) is 0 Å². The number of carbonyl (C=O) groups is 1. The topological polar surface area (TPSA) is 38.8 Å². The molecule has 116 valence electrons. The first kappa shape index (κ1) is 15.9. The summed E-state index contributed by atoms with van der Waals surface area (Å²) in [7, 11) is 0. The molecule has 6 heteroatoms. The van der Waals surface area contributed by atoms with Crippen LogP contribution in [0.1, 0.15) is 22.8 Å². The van der Waals surface area contributed by atoms with Crippen molar-refractivity contribution in [1.82, 2.24) is 4.90 Å². The van der Waals surface area contributed by atoms with Crippen molar-refractivity contribution in [3.05, 3.63) is 34.9 Å². The Labute approximate surface area is 122 Å². The van der Waals surface area contributed by atoms with Crippen molar-refractivity contribution in [3.63, 3.8) is 0 Å². The minimum absolute atomic E-state index is 0.212. The van der Waals surface area contributed by atoms with Gasteiger partial charge in [-0.1, -0.05) is 0 Å². The third kappa shape index (κ3) is 4.22. The summed E-state index contributed by atoms with van der Waals surface area (Å²) in [6.45, 7) is 6.68. The molecule has 1 saturated heterocycles. The van der Waals surface area contributed by atoms with Crippen LogP contribution in [0.15, 0.2) is 12.1 Å². The van der Waals surface area contributed by atoms with Gasteiger partial charge in [-0.2, -0.15) is 0 Å². The second-order valence-electron chi connectivity index (χ2n) is 5.21. The summed E-state index contributed by atoms with van der Waals surface area (Å²) in [5, 5.41) is 0. The van der Waals surface area contributed by atoms with Gasteiger partial charge >= 0.3 is 5.97 Å². The summed E-state index contributed by atoms with van der Waals surface area (Å²) < 4.78 is 37.3. The van der Waals surface area contributed by atoms with Crippen LogP contribution in [0.2, 0.25) is 0 Å². The third-order valence-corrected chi connectivity index (χ3v) is 3.40. The van der Waals surface area contributed by atoms with Gasteiger partial charge in [0, 0.05) is 25.7 Å². The van der Waals surface area contributed by atoms with E-state index in [1.165, 1.54) is 13.0 Å². The molecule has 1 aliphatic rings. The maximum atomic E-state index is 13.6. The Balaban J connectivity index is 1.95. The Morgan fingerprint density at radius 1 is 1.33 bits per heavy atom. The lowest BCUT2D eigenvalue weighted by molar-refractivity contribution is 0.000203. The Kier molecular flexibility index (Phi) is 5.25. The molecule has 0 spiro atoms. The molecule has 1 heterocycles. The Hall–Kier alpha value is -1.53. The molecule has 2 rings (SSSR count). The molecule has 1 aromatic carbocycles. The van der Waals surface area contributed by atoms with Crippen LogP contribution < -0.4 is 0 Å². The molecular weight excluding hydrogens is 280 g/mol. The lowest BCUT2D eigenvalue weighted by Crippen LogP contribution is -2.41. The van der Waals surface area contributed by atoms with E-state index in [0.717, 1.165) is 13.1 Å². The normalized spacial score (nSPS) is 17.5. The van der Waals surface area contributed by atoms with Crippen molar-refractivity contribution in [2.45, 2.75) is 20.0 Å². The van der Waals surface area contributed by atoms with Crippen LogP contribution in [0.5, 0.6) is 0 Å². The zero-order valence-electron chi connectivity index (χ0n) is 12.2. The minimum Gasteiger partial charge on any atom is -0.458 e. The van der Waals surface area contributed by atoms with Crippen LogP contribution in [0.25, 0.3) is 0 Å². The predicted octanol–water partition coefficient (Wildman–Crippen LogP) is 2.15. The summed E-state index contributed by atoms with van der Waals surface area (Å²) in [6.07, 6.45) is -0.375. The highest BCUT2D eigenvalue weighted by Gasteiger charge is 2.20. The molecule has 0 aromatic heterocycles. The largest absolute Gasteiger partial charge is 0.458 e. The predicted molar refractivity (Wildman–Crippen MR) is 73.2 cm³/mol. The summed E-state index contributed by atoms with van der Waals surface area (Å²) >= 11 is 0. The second kappa shape index (κ2) is 6.95. The van der Waals surface area contributed by atoms with Gasteiger partial charge < -0.3 is 9.47 Å². The van der Waals surface area contributed by atoms with Gasteiger partial charge in [0.2, 0.25) is 0 Å². The number of ether oxygens (including phenoxy) is 2. The van der Waals surface area contributed by atoms with Crippen LogP contribution in [-0.2, 0) is 9.47 Å². The molecule has 1 atom stereocenters. The number of hydrogen-bond donors (Lipinski definition) is 0. The van der Waals surface area contributed by atoms with Crippen LogP contribution in [0.4, 0.5) is 8.78 Å². The van der Waals surface area contributed by atoms with Gasteiger partial charge in [-0.05, 0) is 25.5 Å². The number of rotatable bonds is 4. The molecule has 0 aliphatic carbocycles. The highest BCUT2D eigenvalue weighted by molar-refractivity contribution is 5.90. The number of aryl methyl sites for hydroxylation is 1. The average molecular weight is 299 g/mol. The number of carbonyl (C=O) groups excluding carboxylic acids is 1. The molecule has 0 N–H and O–H groups in total. The van der Waals surface area contributed by atoms with E-state index in [-0.39, 0.29) is 17.2 Å². The van der Waals surface area contributed by atoms with Gasteiger partial charge in [0.05, 0.1) is 18.8 Å². The monoisotopic (exact) mass is 299 g/mol. The maximum Gasteiger partial charge on any atom is 0.341 e. The minimum atomic E-state index is -0.901. The van der Waals surface area contributed by atoms with Gasteiger partial charge in [0.1, 0.15) is 17.7 Å². The summed E-state index contributed by atoms with van der Waals surface area (Å²) in [4.78, 5) is 14.1. The summed E-state index contributed by atoms with van der Waals surface area (Å²) in [5.41, 5.74) is -0.0214. The van der Waals surface area contributed by atoms with Crippen molar-refractivity contribution < 1.29 is 23.0 Å². The van der Waals surface area contributed by atoms with Crippen LogP contribution >= 0.6 is 0 Å². The molecular formula is C15H19F2NO3. The molecule has 0 radical (unpaired) electrons. The smallest absolute Gasteiger partial charge is 0.341 e. The zero-order valence-corrected chi connectivity index (χ0v) is 12.2. The fourth-order valence-electron chi connectivity index (χ4n) is 2.24. The van der Waals surface area contributed by atoms with E-state index in [1.54, 1.807) is 6.92 Å². The fraction of sp³-hybridized carbons (Fsp3) is 0.533. The van der Waals surface area contributed by atoms with Crippen LogP contribution in [0, 0.1) is 18.6 Å². The van der Waals surface area contributed by atoms with Gasteiger partial charge in [0.25, 0.3) is 0 Å². The highest BCUT2D eigenvalue weighted by Crippen LogP contribution is 2.16. The number of halogens is 2. The van der Waals surface area contributed by atoms with Gasteiger partial charge in [0.15, 0.2) is 0 Å². The van der Waals surface area contributed by atoms with E-state index in [4.69, 9.17) is 9.47 Å². The first-order valence-electron chi connectivity index (χ1n) is 6.94. The second-order valence-corrected chi connectivity index (χ2v) is 5.21. The van der Waals surface area contributed by atoms with Gasteiger partial charge in [-0.3, -0.25) is 4.90 Å². The van der Waals surface area contributed by atoms with E-state index in [9.17, 15) is 13.6 Å². The van der Waals surface area contributed by atoms with E-state index in [2.05, 4.69) is 4.90 Å². The first-order chi connectivity index (χ1) is 9.97. The lowest BCUT2D eigenvalue weighted by Gasteiger charge is -2.28. The van der Waals surface area contributed by atoms with Gasteiger partial charge in [-0.25, -0.2) is 13.6 Å². The Bertz CT molecular complexity index is 516. The fourth-order valence-corrected chi connectivity index (χ4v) is 2.24. The highest BCUT2D eigenvalue weighted by atomic mass is 19.1. The van der Waals surface area contributed by atoms with Crippen molar-refractivity contribution in [1.29, 1.82) is 0 Å². The molecule has 0 bridgehead atoms. The molecule has 1 fully saturated rings. The number of hydrogen-bond acceptors (Lipinski definition) is 4. The molecule has 0 amide bonds. The standard InChI is InChI=1S/C15H19F2NO3/c1-10-7-12(14(17)8-13(10)16)15(19)21-11(2)9-18-3-5-20-6-4-18/h7-8,11H,3-6,9H2,1-2H3.